The first-order valence-electron chi connectivity index (χ1n) is 10.2. The summed E-state index contributed by atoms with van der Waals surface area (Å²) in [6.45, 7) is 4.51. The Hall–Kier alpha value is -2.34. The Bertz CT molecular complexity index is 668. The van der Waals surface area contributed by atoms with Crippen LogP contribution in [0.2, 0.25) is 0 Å². The summed E-state index contributed by atoms with van der Waals surface area (Å²) in [4.78, 5) is 59.6. The normalized spacial score (nSPS) is 18.6. The van der Waals surface area contributed by atoms with Crippen LogP contribution in [0.5, 0.6) is 0 Å². The fraction of sp³-hybridized carbons (Fsp3) is 0.737. The summed E-state index contributed by atoms with van der Waals surface area (Å²) >= 11 is 4.05. The fourth-order valence-corrected chi connectivity index (χ4v) is 3.40. The predicted molar refractivity (Wildman–Crippen MR) is 115 cm³/mol. The molecule has 1 aliphatic rings. The molecular weight excluding hydrogens is 428 g/mol. The van der Waals surface area contributed by atoms with Crippen molar-refractivity contribution in [3.63, 3.8) is 0 Å². The summed E-state index contributed by atoms with van der Waals surface area (Å²) in [5, 5.41) is 28.4. The lowest BCUT2D eigenvalue weighted by atomic mass is 10.0. The van der Waals surface area contributed by atoms with E-state index in [1.165, 1.54) is 0 Å². The van der Waals surface area contributed by atoms with Crippen molar-refractivity contribution in [3.05, 3.63) is 0 Å². The molecule has 1 heterocycles. The molecule has 0 spiro atoms. The summed E-state index contributed by atoms with van der Waals surface area (Å²) in [5.74, 6) is -4.26. The van der Waals surface area contributed by atoms with Crippen molar-refractivity contribution < 1.29 is 34.2 Å². The molecule has 0 aromatic carbocycles. The van der Waals surface area contributed by atoms with E-state index in [4.69, 9.17) is 5.11 Å². The third-order valence-electron chi connectivity index (χ3n) is 4.79. The number of carboxylic acid groups (broad SMARTS) is 2. The number of amides is 3. The Balaban J connectivity index is 2.77. The van der Waals surface area contributed by atoms with Crippen LogP contribution in [-0.4, -0.2) is 76.3 Å². The van der Waals surface area contributed by atoms with Crippen LogP contribution >= 0.6 is 12.6 Å². The second-order valence-electron chi connectivity index (χ2n) is 7.92. The van der Waals surface area contributed by atoms with Gasteiger partial charge in [-0.15, -0.1) is 0 Å². The summed E-state index contributed by atoms with van der Waals surface area (Å²) in [7, 11) is 0. The predicted octanol–water partition coefficient (Wildman–Crippen LogP) is -0.882. The van der Waals surface area contributed by atoms with Gasteiger partial charge in [-0.25, -0.2) is 4.79 Å². The minimum atomic E-state index is -1.41. The second-order valence-corrected chi connectivity index (χ2v) is 8.28. The molecule has 12 heteroatoms. The minimum absolute atomic E-state index is 0.0864. The molecular formula is C19H32N4O7S. The Morgan fingerprint density at radius 1 is 1.00 bits per heavy atom. The topological polar surface area (TPSA) is 174 Å². The molecule has 0 bridgehead atoms. The standard InChI is InChI=1S/C19H32N4O7S/c1-10(2)8-13(22-16(26)11-4-3-7-20-11)17(27)23-14(9-31)18(28)21-12(19(29)30)5-6-15(24)25/h10-14,20,31H,3-9H2,1-2H3,(H,21,28)(H,22,26)(H,23,27)(H,24,25)(H,29,30). The number of thiol groups is 1. The van der Waals surface area contributed by atoms with Crippen LogP contribution in [0.1, 0.15) is 46.0 Å². The first-order valence-corrected chi connectivity index (χ1v) is 10.9. The molecule has 0 aromatic heterocycles. The summed E-state index contributed by atoms with van der Waals surface area (Å²) in [6, 6.07) is -3.80. The number of hydrogen-bond donors (Lipinski definition) is 7. The maximum absolute atomic E-state index is 12.8. The Morgan fingerprint density at radius 2 is 1.61 bits per heavy atom. The molecule has 0 saturated carbocycles. The highest BCUT2D eigenvalue weighted by Gasteiger charge is 2.31. The van der Waals surface area contributed by atoms with E-state index < -0.39 is 48.3 Å². The number of nitrogens with one attached hydrogen (secondary N) is 4. The van der Waals surface area contributed by atoms with E-state index in [2.05, 4.69) is 33.9 Å². The van der Waals surface area contributed by atoms with E-state index in [-0.39, 0.29) is 30.0 Å². The van der Waals surface area contributed by atoms with Gasteiger partial charge in [0.2, 0.25) is 17.7 Å². The largest absolute Gasteiger partial charge is 0.481 e. The van der Waals surface area contributed by atoms with Crippen LogP contribution in [0.15, 0.2) is 0 Å². The van der Waals surface area contributed by atoms with Crippen LogP contribution in [-0.2, 0) is 24.0 Å². The number of carbonyl (C=O) groups excluding carboxylic acids is 3. The van der Waals surface area contributed by atoms with E-state index in [0.29, 0.717) is 12.8 Å². The zero-order chi connectivity index (χ0) is 23.6. The van der Waals surface area contributed by atoms with E-state index >= 15 is 0 Å². The molecule has 0 aliphatic carbocycles. The lowest BCUT2D eigenvalue weighted by Crippen LogP contribution is -2.57. The number of carboxylic acids is 2. The van der Waals surface area contributed by atoms with Gasteiger partial charge in [0.1, 0.15) is 18.1 Å². The van der Waals surface area contributed by atoms with Crippen molar-refractivity contribution >= 4 is 42.3 Å². The molecule has 1 rings (SSSR count). The lowest BCUT2D eigenvalue weighted by Gasteiger charge is -2.25. The van der Waals surface area contributed by atoms with Gasteiger partial charge in [0, 0.05) is 12.2 Å². The Labute approximate surface area is 186 Å². The van der Waals surface area contributed by atoms with Gasteiger partial charge in [-0.2, -0.15) is 12.6 Å². The molecule has 4 unspecified atom stereocenters. The molecule has 176 valence electrons. The third kappa shape index (κ3) is 9.55. The van der Waals surface area contributed by atoms with Crippen LogP contribution in [0.3, 0.4) is 0 Å². The van der Waals surface area contributed by atoms with E-state index in [1.807, 2.05) is 13.8 Å². The molecule has 4 atom stereocenters. The van der Waals surface area contributed by atoms with E-state index in [9.17, 15) is 29.1 Å². The average Bonchev–Trinajstić information content (AvgIpc) is 3.22. The summed E-state index contributed by atoms with van der Waals surface area (Å²) in [5.41, 5.74) is 0. The van der Waals surface area contributed by atoms with E-state index in [0.717, 1.165) is 13.0 Å². The van der Waals surface area contributed by atoms with Crippen LogP contribution in [0, 0.1) is 5.92 Å². The third-order valence-corrected chi connectivity index (χ3v) is 5.16. The Morgan fingerprint density at radius 3 is 2.10 bits per heavy atom. The quantitative estimate of drug-likeness (QED) is 0.173. The monoisotopic (exact) mass is 460 g/mol. The van der Waals surface area contributed by atoms with Crippen LogP contribution in [0.25, 0.3) is 0 Å². The molecule has 1 fully saturated rings. The number of carbonyl (C=O) groups is 5. The minimum Gasteiger partial charge on any atom is -0.481 e. The maximum Gasteiger partial charge on any atom is 0.326 e. The number of hydrogen-bond acceptors (Lipinski definition) is 7. The van der Waals surface area contributed by atoms with Gasteiger partial charge in [0.25, 0.3) is 0 Å². The van der Waals surface area contributed by atoms with Crippen molar-refractivity contribution in [2.45, 2.75) is 70.1 Å². The van der Waals surface area contributed by atoms with Crippen molar-refractivity contribution in [2.75, 3.05) is 12.3 Å². The molecule has 1 aliphatic heterocycles. The van der Waals surface area contributed by atoms with Gasteiger partial charge in [0.15, 0.2) is 0 Å². The first kappa shape index (κ1) is 26.7. The average molecular weight is 461 g/mol. The highest BCUT2D eigenvalue weighted by atomic mass is 32.1. The number of rotatable bonds is 13. The van der Waals surface area contributed by atoms with Gasteiger partial charge in [0.05, 0.1) is 6.04 Å². The Kier molecular flexibility index (Phi) is 11.3. The van der Waals surface area contributed by atoms with Crippen molar-refractivity contribution in [3.8, 4) is 0 Å². The zero-order valence-electron chi connectivity index (χ0n) is 17.7. The maximum atomic E-state index is 12.8. The molecule has 1 saturated heterocycles. The van der Waals surface area contributed by atoms with Gasteiger partial charge in [-0.3, -0.25) is 19.2 Å². The molecule has 3 amide bonds. The van der Waals surface area contributed by atoms with Gasteiger partial charge in [-0.05, 0) is 38.1 Å². The smallest absolute Gasteiger partial charge is 0.326 e. The lowest BCUT2D eigenvalue weighted by molar-refractivity contribution is -0.143. The SMILES string of the molecule is CC(C)CC(NC(=O)C1CCCN1)C(=O)NC(CS)C(=O)NC(CCC(=O)O)C(=O)O. The fourth-order valence-electron chi connectivity index (χ4n) is 3.15. The molecule has 6 N–H and O–H groups in total. The first-order chi connectivity index (χ1) is 14.5. The van der Waals surface area contributed by atoms with E-state index in [1.54, 1.807) is 0 Å². The van der Waals surface area contributed by atoms with Crippen LogP contribution < -0.4 is 21.3 Å². The highest BCUT2D eigenvalue weighted by Crippen LogP contribution is 2.09. The molecule has 0 radical (unpaired) electrons. The highest BCUT2D eigenvalue weighted by molar-refractivity contribution is 7.80. The van der Waals surface area contributed by atoms with Gasteiger partial charge < -0.3 is 31.5 Å². The summed E-state index contributed by atoms with van der Waals surface area (Å²) in [6.07, 6.45) is 1.16. The van der Waals surface area contributed by atoms with Crippen molar-refractivity contribution in [2.24, 2.45) is 5.92 Å². The van der Waals surface area contributed by atoms with Gasteiger partial charge >= 0.3 is 11.9 Å². The van der Waals surface area contributed by atoms with Crippen LogP contribution in [0.4, 0.5) is 0 Å². The molecule has 31 heavy (non-hydrogen) atoms. The molecule has 11 nitrogen and oxygen atoms in total. The molecule has 0 aromatic rings. The van der Waals surface area contributed by atoms with Crippen molar-refractivity contribution in [1.82, 2.24) is 21.3 Å². The number of aliphatic carboxylic acids is 2. The second kappa shape index (κ2) is 13.2. The zero-order valence-corrected chi connectivity index (χ0v) is 18.6. The van der Waals surface area contributed by atoms with Gasteiger partial charge in [-0.1, -0.05) is 13.8 Å². The summed E-state index contributed by atoms with van der Waals surface area (Å²) < 4.78 is 0. The van der Waals surface area contributed by atoms with Crippen molar-refractivity contribution in [1.29, 1.82) is 0 Å².